The number of rotatable bonds is 2. The van der Waals surface area contributed by atoms with Crippen molar-refractivity contribution in [1.29, 1.82) is 0 Å². The Balaban J connectivity index is 0.000000774. The number of nitrogens with zero attached hydrogens (tertiary/aromatic N) is 3. The first-order valence-corrected chi connectivity index (χ1v) is 8.56. The first-order valence-electron chi connectivity index (χ1n) is 6.54. The van der Waals surface area contributed by atoms with Crippen molar-refractivity contribution in [3.05, 3.63) is 46.8 Å². The summed E-state index contributed by atoms with van der Waals surface area (Å²) in [4.78, 5) is 4.51. The smallest absolute Gasteiger partial charge is 0.155 e. The highest BCUT2D eigenvalue weighted by molar-refractivity contribution is 9.10. The summed E-state index contributed by atoms with van der Waals surface area (Å²) in [5.41, 5.74) is 2.36. The number of benzene rings is 1. The molecule has 3 nitrogen and oxygen atoms in total. The van der Waals surface area contributed by atoms with Gasteiger partial charge in [-0.1, -0.05) is 13.8 Å². The van der Waals surface area contributed by atoms with E-state index in [0.29, 0.717) is 0 Å². The number of aromatic nitrogens is 3. The van der Waals surface area contributed by atoms with Crippen molar-refractivity contribution in [2.45, 2.75) is 18.9 Å². The molecule has 0 aliphatic rings. The van der Waals surface area contributed by atoms with E-state index in [2.05, 4.69) is 26.0 Å². The normalized spacial score (nSPS) is 10.3. The Kier molecular flexibility index (Phi) is 5.36. The predicted octanol–water partition coefficient (Wildman–Crippen LogP) is 5.05. The maximum Gasteiger partial charge on any atom is 0.155 e. The van der Waals surface area contributed by atoms with Crippen molar-refractivity contribution >= 4 is 33.3 Å². The highest BCUT2D eigenvalue weighted by Gasteiger charge is 2.13. The van der Waals surface area contributed by atoms with Gasteiger partial charge in [0.15, 0.2) is 5.65 Å². The summed E-state index contributed by atoms with van der Waals surface area (Å²) in [7, 11) is 0. The molecule has 0 unspecified atom stereocenters. The second-order valence-corrected chi connectivity index (χ2v) is 5.48. The zero-order valence-corrected chi connectivity index (χ0v) is 14.4. The maximum atomic E-state index is 13.0. The zero-order chi connectivity index (χ0) is 15.4. The lowest BCUT2D eigenvalue weighted by Crippen LogP contribution is -1.92. The van der Waals surface area contributed by atoms with Crippen LogP contribution in [0.15, 0.2) is 46.0 Å². The second kappa shape index (κ2) is 7.04. The van der Waals surface area contributed by atoms with E-state index in [-0.39, 0.29) is 5.82 Å². The van der Waals surface area contributed by atoms with Gasteiger partial charge in [0.1, 0.15) is 21.1 Å². The molecule has 0 saturated carbocycles. The Labute approximate surface area is 135 Å². The van der Waals surface area contributed by atoms with Gasteiger partial charge in [0.25, 0.3) is 0 Å². The number of hydrogen-bond donors (Lipinski definition) is 0. The Bertz CT molecular complexity index is 741. The van der Waals surface area contributed by atoms with Gasteiger partial charge in [-0.25, -0.2) is 13.9 Å². The number of imidazole rings is 1. The third-order valence-electron chi connectivity index (χ3n) is 2.73. The van der Waals surface area contributed by atoms with E-state index in [1.165, 1.54) is 12.1 Å². The van der Waals surface area contributed by atoms with Crippen molar-refractivity contribution in [3.63, 3.8) is 0 Å². The minimum Gasteiger partial charge on any atom is -0.226 e. The average Bonchev–Trinajstić information content (AvgIpc) is 2.86. The molecule has 0 amide bonds. The maximum absolute atomic E-state index is 13.0. The first-order chi connectivity index (χ1) is 10.2. The van der Waals surface area contributed by atoms with Crippen LogP contribution >= 0.6 is 27.7 Å². The van der Waals surface area contributed by atoms with Gasteiger partial charge in [-0.05, 0) is 58.6 Å². The van der Waals surface area contributed by atoms with Gasteiger partial charge in [-0.2, -0.15) is 5.10 Å². The Morgan fingerprint density at radius 3 is 2.38 bits per heavy atom. The van der Waals surface area contributed by atoms with E-state index in [9.17, 15) is 4.39 Å². The highest BCUT2D eigenvalue weighted by Crippen LogP contribution is 2.29. The van der Waals surface area contributed by atoms with Crippen LogP contribution < -0.4 is 0 Å². The molecule has 110 valence electrons. The van der Waals surface area contributed by atoms with E-state index >= 15 is 0 Å². The molecule has 0 aliphatic carbocycles. The SMILES string of the molecule is CC.CSc1ccc2nc(-c3ccc(F)cc3)c(Br)n2n1. The lowest BCUT2D eigenvalue weighted by atomic mass is 10.2. The molecule has 0 saturated heterocycles. The molecule has 0 bridgehead atoms. The van der Waals surface area contributed by atoms with Crippen LogP contribution in [0.5, 0.6) is 0 Å². The summed E-state index contributed by atoms with van der Waals surface area (Å²) >= 11 is 5.07. The van der Waals surface area contributed by atoms with Crippen LogP contribution in [0.4, 0.5) is 4.39 Å². The number of halogens is 2. The largest absolute Gasteiger partial charge is 0.226 e. The summed E-state index contributed by atoms with van der Waals surface area (Å²) in [6.07, 6.45) is 1.97. The molecule has 2 heterocycles. The van der Waals surface area contributed by atoms with Crippen LogP contribution in [0.2, 0.25) is 0 Å². The fourth-order valence-corrected chi connectivity index (χ4v) is 2.74. The molecule has 0 spiro atoms. The van der Waals surface area contributed by atoms with Gasteiger partial charge >= 0.3 is 0 Å². The molecule has 0 radical (unpaired) electrons. The van der Waals surface area contributed by atoms with Crippen LogP contribution in [0.1, 0.15) is 13.8 Å². The summed E-state index contributed by atoms with van der Waals surface area (Å²) in [5, 5.41) is 5.37. The molecule has 0 atom stereocenters. The van der Waals surface area contributed by atoms with Gasteiger partial charge in [0.2, 0.25) is 0 Å². The van der Waals surface area contributed by atoms with Crippen LogP contribution in [0.25, 0.3) is 16.9 Å². The second-order valence-electron chi connectivity index (χ2n) is 3.90. The zero-order valence-electron chi connectivity index (χ0n) is 12.0. The van der Waals surface area contributed by atoms with Gasteiger partial charge in [0.05, 0.1) is 0 Å². The molecule has 0 N–H and O–H groups in total. The van der Waals surface area contributed by atoms with E-state index in [0.717, 1.165) is 26.5 Å². The molecule has 6 heteroatoms. The summed E-state index contributed by atoms with van der Waals surface area (Å²) in [6, 6.07) is 10.1. The Hall–Kier alpha value is -1.40. The number of hydrogen-bond acceptors (Lipinski definition) is 3. The van der Waals surface area contributed by atoms with Gasteiger partial charge in [0, 0.05) is 5.56 Å². The summed E-state index contributed by atoms with van der Waals surface area (Å²) in [6.45, 7) is 4.00. The quantitative estimate of drug-likeness (QED) is 0.594. The molecule has 1 aromatic carbocycles. The monoisotopic (exact) mass is 367 g/mol. The summed E-state index contributed by atoms with van der Waals surface area (Å²) < 4.78 is 15.5. The summed E-state index contributed by atoms with van der Waals surface area (Å²) in [5.74, 6) is -0.258. The molecule has 0 aliphatic heterocycles. The molecule has 3 aromatic rings. The van der Waals surface area contributed by atoms with E-state index in [4.69, 9.17) is 0 Å². The molecule has 2 aromatic heterocycles. The van der Waals surface area contributed by atoms with Crippen molar-refractivity contribution in [2.24, 2.45) is 0 Å². The van der Waals surface area contributed by atoms with Crippen LogP contribution in [-0.2, 0) is 0 Å². The van der Waals surface area contributed by atoms with E-state index in [1.54, 1.807) is 28.4 Å². The minimum absolute atomic E-state index is 0.258. The average molecular weight is 368 g/mol. The van der Waals surface area contributed by atoms with Gasteiger partial charge < -0.3 is 0 Å². The van der Waals surface area contributed by atoms with Gasteiger partial charge in [-0.15, -0.1) is 11.8 Å². The van der Waals surface area contributed by atoms with Crippen molar-refractivity contribution in [2.75, 3.05) is 6.26 Å². The topological polar surface area (TPSA) is 30.2 Å². The standard InChI is InChI=1S/C13H9BrFN3S.C2H6/c1-19-11-7-6-10-16-12(13(14)18(10)17-11)8-2-4-9(15)5-3-8;1-2/h2-7H,1H3;1-2H3. The Morgan fingerprint density at radius 1 is 1.10 bits per heavy atom. The highest BCUT2D eigenvalue weighted by atomic mass is 79.9. The van der Waals surface area contributed by atoms with E-state index in [1.807, 2.05) is 32.2 Å². The number of thioether (sulfide) groups is 1. The van der Waals surface area contributed by atoms with Crippen molar-refractivity contribution < 1.29 is 4.39 Å². The third kappa shape index (κ3) is 3.27. The van der Waals surface area contributed by atoms with Crippen molar-refractivity contribution in [3.8, 4) is 11.3 Å². The lowest BCUT2D eigenvalue weighted by molar-refractivity contribution is 0.628. The Morgan fingerprint density at radius 2 is 1.76 bits per heavy atom. The van der Waals surface area contributed by atoms with Crippen LogP contribution in [-0.4, -0.2) is 20.9 Å². The molecular weight excluding hydrogens is 353 g/mol. The van der Waals surface area contributed by atoms with E-state index < -0.39 is 0 Å². The predicted molar refractivity (Wildman–Crippen MR) is 89.2 cm³/mol. The van der Waals surface area contributed by atoms with Crippen LogP contribution in [0.3, 0.4) is 0 Å². The van der Waals surface area contributed by atoms with Crippen molar-refractivity contribution in [1.82, 2.24) is 14.6 Å². The lowest BCUT2D eigenvalue weighted by Gasteiger charge is -1.98. The molecular formula is C15H15BrFN3S. The number of fused-ring (bicyclic) bond motifs is 1. The molecule has 3 rings (SSSR count). The molecule has 0 fully saturated rings. The van der Waals surface area contributed by atoms with Crippen LogP contribution in [0, 0.1) is 5.82 Å². The van der Waals surface area contributed by atoms with Gasteiger partial charge in [-0.3, -0.25) is 0 Å². The third-order valence-corrected chi connectivity index (χ3v) is 4.07. The fourth-order valence-electron chi connectivity index (χ4n) is 1.79. The molecule has 21 heavy (non-hydrogen) atoms. The fraction of sp³-hybridized carbons (Fsp3) is 0.200. The minimum atomic E-state index is -0.258. The first kappa shape index (κ1) is 16.0.